The van der Waals surface area contributed by atoms with Gasteiger partial charge in [-0.1, -0.05) is 30.3 Å². The first-order valence-corrected chi connectivity index (χ1v) is 8.13. The van der Waals surface area contributed by atoms with Crippen molar-refractivity contribution in [2.45, 2.75) is 13.8 Å². The summed E-state index contributed by atoms with van der Waals surface area (Å²) >= 11 is 0. The van der Waals surface area contributed by atoms with E-state index in [1.54, 1.807) is 18.2 Å². The monoisotopic (exact) mass is 370 g/mol. The van der Waals surface area contributed by atoms with Crippen LogP contribution in [-0.2, 0) is 14.3 Å². The standard InChI is InChI=1S/C20H19FN2O4/c1-13-6-5-9-17(14(13)2)22-20(26)23-18(24)12-27-19(25)11-10-15-7-3-4-8-16(15)21/h3-11H,12H2,1-2H3,(H2,22,23,24,26)/b11-10+. The molecule has 2 aromatic rings. The van der Waals surface area contributed by atoms with Gasteiger partial charge in [0, 0.05) is 17.3 Å². The molecule has 0 heterocycles. The molecule has 0 fully saturated rings. The Bertz CT molecular complexity index is 893. The van der Waals surface area contributed by atoms with Crippen LogP contribution in [-0.4, -0.2) is 24.5 Å². The molecular formula is C20H19FN2O4. The minimum atomic E-state index is -0.830. The van der Waals surface area contributed by atoms with Crippen LogP contribution in [0.25, 0.3) is 6.08 Å². The van der Waals surface area contributed by atoms with E-state index in [0.29, 0.717) is 5.69 Å². The predicted octanol–water partition coefficient (Wildman–Crippen LogP) is 3.35. The summed E-state index contributed by atoms with van der Waals surface area (Å²) < 4.78 is 18.1. The fourth-order valence-electron chi connectivity index (χ4n) is 2.16. The first kappa shape index (κ1) is 19.8. The summed E-state index contributed by atoms with van der Waals surface area (Å²) in [6, 6.07) is 10.6. The van der Waals surface area contributed by atoms with E-state index in [1.165, 1.54) is 24.3 Å². The Morgan fingerprint density at radius 1 is 1.07 bits per heavy atom. The third kappa shape index (κ3) is 6.07. The number of carbonyl (C=O) groups excluding carboxylic acids is 3. The predicted molar refractivity (Wildman–Crippen MR) is 99.5 cm³/mol. The zero-order valence-corrected chi connectivity index (χ0v) is 14.9. The average molecular weight is 370 g/mol. The number of imide groups is 1. The summed E-state index contributed by atoms with van der Waals surface area (Å²) in [6.45, 7) is 3.11. The number of urea groups is 1. The minimum absolute atomic E-state index is 0.215. The van der Waals surface area contributed by atoms with Crippen LogP contribution in [0, 0.1) is 19.7 Å². The second-order valence-corrected chi connectivity index (χ2v) is 5.71. The molecule has 3 amide bonds. The minimum Gasteiger partial charge on any atom is -0.452 e. The van der Waals surface area contributed by atoms with Crippen molar-refractivity contribution < 1.29 is 23.5 Å². The lowest BCUT2D eigenvalue weighted by molar-refractivity contribution is -0.143. The Morgan fingerprint density at radius 2 is 1.81 bits per heavy atom. The van der Waals surface area contributed by atoms with E-state index in [-0.39, 0.29) is 5.56 Å². The van der Waals surface area contributed by atoms with Gasteiger partial charge in [-0.25, -0.2) is 14.0 Å². The molecule has 0 saturated carbocycles. The third-order valence-corrected chi connectivity index (χ3v) is 3.76. The number of hydrogen-bond donors (Lipinski definition) is 2. The molecule has 27 heavy (non-hydrogen) atoms. The first-order valence-electron chi connectivity index (χ1n) is 8.13. The topological polar surface area (TPSA) is 84.5 Å². The molecule has 140 valence electrons. The highest BCUT2D eigenvalue weighted by Crippen LogP contribution is 2.17. The summed E-state index contributed by atoms with van der Waals surface area (Å²) in [5, 5.41) is 4.62. The van der Waals surface area contributed by atoms with Crippen molar-refractivity contribution in [1.29, 1.82) is 0 Å². The Labute approximate surface area is 156 Å². The highest BCUT2D eigenvalue weighted by Gasteiger charge is 2.11. The molecule has 7 heteroatoms. The van der Waals surface area contributed by atoms with Gasteiger partial charge in [-0.15, -0.1) is 0 Å². The van der Waals surface area contributed by atoms with Crippen LogP contribution in [0.4, 0.5) is 14.9 Å². The van der Waals surface area contributed by atoms with Gasteiger partial charge in [-0.05, 0) is 43.2 Å². The Hall–Kier alpha value is -3.48. The number of anilines is 1. The van der Waals surface area contributed by atoms with Crippen molar-refractivity contribution in [3.8, 4) is 0 Å². The smallest absolute Gasteiger partial charge is 0.331 e. The van der Waals surface area contributed by atoms with Crippen LogP contribution in [0.1, 0.15) is 16.7 Å². The number of esters is 1. The lowest BCUT2D eigenvalue weighted by Gasteiger charge is -2.10. The van der Waals surface area contributed by atoms with Crippen LogP contribution in [0.2, 0.25) is 0 Å². The van der Waals surface area contributed by atoms with Gasteiger partial charge in [-0.3, -0.25) is 10.1 Å². The lowest BCUT2D eigenvalue weighted by atomic mass is 10.1. The van der Waals surface area contributed by atoms with Gasteiger partial charge in [0.1, 0.15) is 5.82 Å². The van der Waals surface area contributed by atoms with E-state index in [9.17, 15) is 18.8 Å². The van der Waals surface area contributed by atoms with Crippen molar-refractivity contribution in [3.05, 3.63) is 71.0 Å². The van der Waals surface area contributed by atoms with Crippen LogP contribution in [0.5, 0.6) is 0 Å². The lowest BCUT2D eigenvalue weighted by Crippen LogP contribution is -2.37. The molecule has 0 spiro atoms. The number of benzene rings is 2. The molecule has 2 aromatic carbocycles. The Kier molecular flexibility index (Phi) is 6.82. The van der Waals surface area contributed by atoms with Crippen LogP contribution in [0.3, 0.4) is 0 Å². The van der Waals surface area contributed by atoms with E-state index in [2.05, 4.69) is 10.6 Å². The molecule has 0 aliphatic rings. The maximum Gasteiger partial charge on any atom is 0.331 e. The molecule has 0 bridgehead atoms. The van der Waals surface area contributed by atoms with Crippen LogP contribution >= 0.6 is 0 Å². The number of carbonyl (C=O) groups is 3. The second-order valence-electron chi connectivity index (χ2n) is 5.71. The average Bonchev–Trinajstić information content (AvgIpc) is 2.63. The van der Waals surface area contributed by atoms with Gasteiger partial charge < -0.3 is 10.1 Å². The zero-order chi connectivity index (χ0) is 19.8. The molecule has 2 N–H and O–H groups in total. The largest absolute Gasteiger partial charge is 0.452 e. The van der Waals surface area contributed by atoms with Gasteiger partial charge in [-0.2, -0.15) is 0 Å². The molecule has 2 rings (SSSR count). The highest BCUT2D eigenvalue weighted by atomic mass is 19.1. The molecule has 0 aliphatic heterocycles. The summed E-state index contributed by atoms with van der Waals surface area (Å²) in [7, 11) is 0. The summed E-state index contributed by atoms with van der Waals surface area (Å²) in [6.07, 6.45) is 2.24. The Balaban J connectivity index is 1.80. The van der Waals surface area contributed by atoms with Crippen molar-refractivity contribution in [2.24, 2.45) is 0 Å². The van der Waals surface area contributed by atoms with Crippen LogP contribution in [0.15, 0.2) is 48.5 Å². The van der Waals surface area contributed by atoms with Gasteiger partial charge in [0.15, 0.2) is 6.61 Å². The third-order valence-electron chi connectivity index (χ3n) is 3.76. The number of nitrogens with one attached hydrogen (secondary N) is 2. The molecule has 0 saturated heterocycles. The number of halogens is 1. The number of aryl methyl sites for hydroxylation is 1. The molecule has 0 unspecified atom stereocenters. The van der Waals surface area contributed by atoms with Crippen molar-refractivity contribution in [2.75, 3.05) is 11.9 Å². The number of hydrogen-bond acceptors (Lipinski definition) is 4. The van der Waals surface area contributed by atoms with Crippen molar-refractivity contribution in [3.63, 3.8) is 0 Å². The first-order chi connectivity index (χ1) is 12.9. The van der Waals surface area contributed by atoms with E-state index < -0.39 is 30.3 Å². The Morgan fingerprint density at radius 3 is 2.56 bits per heavy atom. The fourth-order valence-corrected chi connectivity index (χ4v) is 2.16. The number of ether oxygens (including phenoxy) is 1. The summed E-state index contributed by atoms with van der Waals surface area (Å²) in [4.78, 5) is 35.1. The van der Waals surface area contributed by atoms with Gasteiger partial charge in [0.05, 0.1) is 0 Å². The molecular weight excluding hydrogens is 351 g/mol. The SMILES string of the molecule is Cc1cccc(NC(=O)NC(=O)COC(=O)/C=C/c2ccccc2F)c1C. The van der Waals surface area contributed by atoms with E-state index in [4.69, 9.17) is 4.74 Å². The van der Waals surface area contributed by atoms with Crippen molar-refractivity contribution >= 4 is 29.7 Å². The molecule has 0 aromatic heterocycles. The number of amides is 3. The highest BCUT2D eigenvalue weighted by molar-refractivity contribution is 6.02. The number of rotatable bonds is 5. The quantitative estimate of drug-likeness (QED) is 0.624. The zero-order valence-electron chi connectivity index (χ0n) is 14.9. The van der Waals surface area contributed by atoms with Gasteiger partial charge in [0.25, 0.3) is 5.91 Å². The molecule has 0 radical (unpaired) electrons. The summed E-state index contributed by atoms with van der Waals surface area (Å²) in [5.41, 5.74) is 2.66. The van der Waals surface area contributed by atoms with Crippen LogP contribution < -0.4 is 10.6 Å². The van der Waals surface area contributed by atoms with E-state index in [0.717, 1.165) is 17.2 Å². The normalized spacial score (nSPS) is 10.5. The van der Waals surface area contributed by atoms with Crippen molar-refractivity contribution in [1.82, 2.24) is 5.32 Å². The second kappa shape index (κ2) is 9.28. The molecule has 0 aliphatic carbocycles. The molecule has 0 atom stereocenters. The van der Waals surface area contributed by atoms with E-state index >= 15 is 0 Å². The van der Waals surface area contributed by atoms with Gasteiger partial charge in [0.2, 0.25) is 0 Å². The summed E-state index contributed by atoms with van der Waals surface area (Å²) in [5.74, 6) is -2.10. The maximum absolute atomic E-state index is 13.4. The fraction of sp³-hybridized carbons (Fsp3) is 0.150. The molecule has 6 nitrogen and oxygen atoms in total. The van der Waals surface area contributed by atoms with Gasteiger partial charge >= 0.3 is 12.0 Å². The maximum atomic E-state index is 13.4. The van der Waals surface area contributed by atoms with E-state index in [1.807, 2.05) is 19.9 Å².